The van der Waals surface area contributed by atoms with Gasteiger partial charge in [0, 0.05) is 32.2 Å². The average Bonchev–Trinajstić information content (AvgIpc) is 2.38. The lowest BCUT2D eigenvalue weighted by molar-refractivity contribution is -0.132. The third-order valence-corrected chi connectivity index (χ3v) is 3.32. The predicted octanol–water partition coefficient (Wildman–Crippen LogP) is 3.29. The zero-order chi connectivity index (χ0) is 13.5. The average molecular weight is 270 g/mol. The Balaban J connectivity index is 2.57. The molecule has 4 heteroatoms. The van der Waals surface area contributed by atoms with Crippen LogP contribution in [0, 0.1) is 0 Å². The lowest BCUT2D eigenvalue weighted by Gasteiger charge is -2.25. The van der Waals surface area contributed by atoms with Crippen LogP contribution in [0.5, 0.6) is 0 Å². The molecule has 1 amide bonds. The van der Waals surface area contributed by atoms with Gasteiger partial charge >= 0.3 is 0 Å². The van der Waals surface area contributed by atoms with Crippen LogP contribution in [0.3, 0.4) is 0 Å². The first-order valence-corrected chi connectivity index (χ1v) is 6.44. The van der Waals surface area contributed by atoms with Gasteiger partial charge in [0.25, 0.3) is 0 Å². The van der Waals surface area contributed by atoms with E-state index in [9.17, 15) is 4.79 Å². The van der Waals surface area contributed by atoms with Gasteiger partial charge in [-0.05, 0) is 31.0 Å². The molecule has 0 saturated carbocycles. The van der Waals surface area contributed by atoms with E-state index in [1.807, 2.05) is 38.2 Å². The molecule has 0 spiro atoms. The first-order chi connectivity index (χ1) is 8.56. The van der Waals surface area contributed by atoms with Crippen LogP contribution in [-0.2, 0) is 9.53 Å². The summed E-state index contributed by atoms with van der Waals surface area (Å²) in [5.41, 5.74) is 1.09. The molecule has 0 saturated heterocycles. The molecule has 1 aromatic rings. The van der Waals surface area contributed by atoms with Crippen LogP contribution in [0.1, 0.15) is 31.4 Å². The summed E-state index contributed by atoms with van der Waals surface area (Å²) in [4.78, 5) is 13.7. The number of methoxy groups -OCH3 is 1. The third kappa shape index (κ3) is 4.31. The van der Waals surface area contributed by atoms with Crippen molar-refractivity contribution in [1.29, 1.82) is 0 Å². The number of amides is 1. The minimum atomic E-state index is 0.0531. The molecule has 0 aliphatic rings. The fraction of sp³-hybridized carbons (Fsp3) is 0.500. The number of ether oxygens (including phenoxy) is 1. The van der Waals surface area contributed by atoms with Crippen molar-refractivity contribution in [3.63, 3.8) is 0 Å². The summed E-state index contributed by atoms with van der Waals surface area (Å²) in [6.07, 6.45) is 1.27. The van der Waals surface area contributed by atoms with Crippen molar-refractivity contribution in [3.05, 3.63) is 34.9 Å². The van der Waals surface area contributed by atoms with Crippen molar-refractivity contribution in [2.75, 3.05) is 20.8 Å². The van der Waals surface area contributed by atoms with Gasteiger partial charge in [-0.15, -0.1) is 0 Å². The number of hydrogen-bond acceptors (Lipinski definition) is 2. The summed E-state index contributed by atoms with van der Waals surface area (Å²) in [7, 11) is 3.47. The van der Waals surface area contributed by atoms with Crippen molar-refractivity contribution in [1.82, 2.24) is 4.90 Å². The van der Waals surface area contributed by atoms with Gasteiger partial charge in [0.2, 0.25) is 5.91 Å². The molecule has 3 nitrogen and oxygen atoms in total. The first-order valence-electron chi connectivity index (χ1n) is 6.06. The van der Waals surface area contributed by atoms with Crippen LogP contribution in [0.4, 0.5) is 0 Å². The van der Waals surface area contributed by atoms with Crippen LogP contribution in [0.15, 0.2) is 24.3 Å². The van der Waals surface area contributed by atoms with Gasteiger partial charge in [-0.3, -0.25) is 4.79 Å². The Morgan fingerprint density at radius 1 is 1.39 bits per heavy atom. The summed E-state index contributed by atoms with van der Waals surface area (Å²) in [6.45, 7) is 2.63. The summed E-state index contributed by atoms with van der Waals surface area (Å²) < 4.78 is 4.94. The standard InChI is InChI=1S/C14H20ClNO2/c1-11(12-6-8-13(15)9-7-12)16(2)14(17)5-4-10-18-3/h6-9,11H,4-5,10H2,1-3H3. The molecule has 1 rings (SSSR count). The highest BCUT2D eigenvalue weighted by Crippen LogP contribution is 2.21. The van der Waals surface area contributed by atoms with Gasteiger partial charge in [0.15, 0.2) is 0 Å². The van der Waals surface area contributed by atoms with Crippen LogP contribution >= 0.6 is 11.6 Å². The number of halogens is 1. The van der Waals surface area contributed by atoms with Crippen molar-refractivity contribution in [2.24, 2.45) is 0 Å². The Morgan fingerprint density at radius 3 is 2.56 bits per heavy atom. The lowest BCUT2D eigenvalue weighted by atomic mass is 10.1. The fourth-order valence-corrected chi connectivity index (χ4v) is 1.85. The minimum Gasteiger partial charge on any atom is -0.385 e. The van der Waals surface area contributed by atoms with Crippen LogP contribution in [-0.4, -0.2) is 31.6 Å². The quantitative estimate of drug-likeness (QED) is 0.742. The first kappa shape index (κ1) is 15.0. The van der Waals surface area contributed by atoms with Gasteiger partial charge in [0.1, 0.15) is 0 Å². The van der Waals surface area contributed by atoms with E-state index in [-0.39, 0.29) is 11.9 Å². The number of carbonyl (C=O) groups is 1. The summed E-state index contributed by atoms with van der Waals surface area (Å²) in [5.74, 6) is 0.134. The smallest absolute Gasteiger partial charge is 0.222 e. The maximum absolute atomic E-state index is 11.9. The number of carbonyl (C=O) groups excluding carboxylic acids is 1. The van der Waals surface area contributed by atoms with E-state index in [0.717, 1.165) is 12.0 Å². The fourth-order valence-electron chi connectivity index (χ4n) is 1.72. The Kier molecular flexibility index (Phi) is 6.16. The maximum atomic E-state index is 11.9. The predicted molar refractivity (Wildman–Crippen MR) is 73.7 cm³/mol. The highest BCUT2D eigenvalue weighted by atomic mass is 35.5. The second kappa shape index (κ2) is 7.39. The van der Waals surface area contributed by atoms with E-state index >= 15 is 0 Å². The highest BCUT2D eigenvalue weighted by molar-refractivity contribution is 6.30. The van der Waals surface area contributed by atoms with Gasteiger partial charge in [0.05, 0.1) is 6.04 Å². The Hall–Kier alpha value is -1.06. The molecule has 100 valence electrons. The second-order valence-electron chi connectivity index (χ2n) is 4.33. The van der Waals surface area contributed by atoms with Gasteiger partial charge in [-0.25, -0.2) is 0 Å². The van der Waals surface area contributed by atoms with E-state index in [1.165, 1.54) is 0 Å². The van der Waals surface area contributed by atoms with Crippen LogP contribution in [0.2, 0.25) is 5.02 Å². The molecule has 18 heavy (non-hydrogen) atoms. The molecule has 0 aromatic heterocycles. The van der Waals surface area contributed by atoms with Crippen LogP contribution in [0.25, 0.3) is 0 Å². The molecule has 0 bridgehead atoms. The van der Waals surface area contributed by atoms with E-state index < -0.39 is 0 Å². The molecule has 0 aliphatic heterocycles. The number of benzene rings is 1. The normalized spacial score (nSPS) is 12.2. The molecule has 1 atom stereocenters. The Labute approximate surface area is 114 Å². The third-order valence-electron chi connectivity index (χ3n) is 3.07. The van der Waals surface area contributed by atoms with Crippen molar-refractivity contribution < 1.29 is 9.53 Å². The molecule has 0 radical (unpaired) electrons. The number of hydrogen-bond donors (Lipinski definition) is 0. The molecule has 1 unspecified atom stereocenters. The van der Waals surface area contributed by atoms with Crippen LogP contribution < -0.4 is 0 Å². The molecular formula is C14H20ClNO2. The zero-order valence-corrected chi connectivity index (χ0v) is 11.9. The summed E-state index contributed by atoms with van der Waals surface area (Å²) in [6, 6.07) is 7.64. The SMILES string of the molecule is COCCCC(=O)N(C)C(C)c1ccc(Cl)cc1. The zero-order valence-electron chi connectivity index (χ0n) is 11.1. The maximum Gasteiger partial charge on any atom is 0.222 e. The molecule has 0 aliphatic carbocycles. The van der Waals surface area contributed by atoms with E-state index in [2.05, 4.69) is 0 Å². The Morgan fingerprint density at radius 2 is 2.00 bits per heavy atom. The topological polar surface area (TPSA) is 29.5 Å². The Bertz CT molecular complexity index is 378. The summed E-state index contributed by atoms with van der Waals surface area (Å²) in [5, 5.41) is 0.708. The number of rotatable bonds is 6. The van der Waals surface area contributed by atoms with Crippen molar-refractivity contribution in [3.8, 4) is 0 Å². The molecule has 0 N–H and O–H groups in total. The lowest BCUT2D eigenvalue weighted by Crippen LogP contribution is -2.29. The van der Waals surface area contributed by atoms with Crippen molar-refractivity contribution in [2.45, 2.75) is 25.8 Å². The minimum absolute atomic E-state index is 0.0531. The number of nitrogens with zero attached hydrogens (tertiary/aromatic N) is 1. The van der Waals surface area contributed by atoms with E-state index in [1.54, 1.807) is 12.0 Å². The van der Waals surface area contributed by atoms with Crippen molar-refractivity contribution >= 4 is 17.5 Å². The largest absolute Gasteiger partial charge is 0.385 e. The van der Waals surface area contributed by atoms with Gasteiger partial charge in [-0.2, -0.15) is 0 Å². The summed E-state index contributed by atoms with van der Waals surface area (Å²) >= 11 is 5.85. The van der Waals surface area contributed by atoms with Gasteiger partial charge in [-0.1, -0.05) is 23.7 Å². The molecular weight excluding hydrogens is 250 g/mol. The molecule has 0 fully saturated rings. The molecule has 1 aromatic carbocycles. The van der Waals surface area contributed by atoms with E-state index in [0.29, 0.717) is 18.1 Å². The highest BCUT2D eigenvalue weighted by Gasteiger charge is 2.16. The van der Waals surface area contributed by atoms with Gasteiger partial charge < -0.3 is 9.64 Å². The molecule has 0 heterocycles. The van der Waals surface area contributed by atoms with E-state index in [4.69, 9.17) is 16.3 Å². The second-order valence-corrected chi connectivity index (χ2v) is 4.76. The monoisotopic (exact) mass is 269 g/mol.